The SMILES string of the molecule is CCc1cc(=O)[nH]c(CSc2ccc(F)cc2)n1. The number of aryl methyl sites for hydroxylation is 1. The Balaban J connectivity index is 2.08. The van der Waals surface area contributed by atoms with Crippen LogP contribution in [-0.2, 0) is 12.2 Å². The lowest BCUT2D eigenvalue weighted by Crippen LogP contribution is -2.11. The molecule has 94 valence electrons. The van der Waals surface area contributed by atoms with Crippen LogP contribution in [0.5, 0.6) is 0 Å². The molecule has 0 amide bonds. The molecule has 0 saturated heterocycles. The van der Waals surface area contributed by atoms with Crippen LogP contribution in [0.3, 0.4) is 0 Å². The molecule has 0 fully saturated rings. The molecule has 1 aromatic carbocycles. The van der Waals surface area contributed by atoms with Gasteiger partial charge in [-0.05, 0) is 30.7 Å². The van der Waals surface area contributed by atoms with Crippen molar-refractivity contribution < 1.29 is 4.39 Å². The van der Waals surface area contributed by atoms with Gasteiger partial charge in [-0.1, -0.05) is 6.92 Å². The normalized spacial score (nSPS) is 10.6. The maximum Gasteiger partial charge on any atom is 0.251 e. The quantitative estimate of drug-likeness (QED) is 0.864. The van der Waals surface area contributed by atoms with Gasteiger partial charge < -0.3 is 4.98 Å². The maximum atomic E-state index is 12.7. The molecular weight excluding hydrogens is 251 g/mol. The molecule has 1 aromatic heterocycles. The van der Waals surface area contributed by atoms with Crippen molar-refractivity contribution in [1.29, 1.82) is 0 Å². The molecule has 1 N–H and O–H groups in total. The number of hydrogen-bond acceptors (Lipinski definition) is 3. The second kappa shape index (κ2) is 5.82. The summed E-state index contributed by atoms with van der Waals surface area (Å²) in [5, 5.41) is 0. The smallest absolute Gasteiger partial charge is 0.251 e. The zero-order chi connectivity index (χ0) is 13.0. The van der Waals surface area contributed by atoms with E-state index in [4.69, 9.17) is 0 Å². The van der Waals surface area contributed by atoms with Crippen molar-refractivity contribution in [3.8, 4) is 0 Å². The zero-order valence-electron chi connectivity index (χ0n) is 9.94. The molecule has 0 aliphatic carbocycles. The van der Waals surface area contributed by atoms with Crippen LogP contribution in [0.4, 0.5) is 4.39 Å². The lowest BCUT2D eigenvalue weighted by atomic mass is 10.3. The Morgan fingerprint density at radius 2 is 2.06 bits per heavy atom. The number of aromatic amines is 1. The summed E-state index contributed by atoms with van der Waals surface area (Å²) in [6, 6.07) is 7.76. The molecule has 5 heteroatoms. The van der Waals surface area contributed by atoms with Crippen molar-refractivity contribution in [3.05, 3.63) is 58.0 Å². The highest BCUT2D eigenvalue weighted by Crippen LogP contribution is 2.21. The molecule has 0 bridgehead atoms. The van der Waals surface area contributed by atoms with Gasteiger partial charge in [0.25, 0.3) is 5.56 Å². The van der Waals surface area contributed by atoms with E-state index < -0.39 is 0 Å². The predicted molar refractivity (Wildman–Crippen MR) is 70.2 cm³/mol. The van der Waals surface area contributed by atoms with Crippen LogP contribution in [0.1, 0.15) is 18.4 Å². The first-order chi connectivity index (χ1) is 8.67. The van der Waals surface area contributed by atoms with Crippen LogP contribution >= 0.6 is 11.8 Å². The third kappa shape index (κ3) is 3.43. The molecule has 18 heavy (non-hydrogen) atoms. The summed E-state index contributed by atoms with van der Waals surface area (Å²) in [5.41, 5.74) is 0.657. The van der Waals surface area contributed by atoms with E-state index in [-0.39, 0.29) is 11.4 Å². The van der Waals surface area contributed by atoms with Gasteiger partial charge in [0.1, 0.15) is 11.6 Å². The second-order valence-electron chi connectivity index (χ2n) is 3.78. The number of benzene rings is 1. The number of nitrogens with one attached hydrogen (secondary N) is 1. The first-order valence-corrected chi connectivity index (χ1v) is 6.63. The fourth-order valence-corrected chi connectivity index (χ4v) is 2.26. The molecule has 0 radical (unpaired) electrons. The van der Waals surface area contributed by atoms with Crippen LogP contribution in [0.25, 0.3) is 0 Å². The van der Waals surface area contributed by atoms with Crippen LogP contribution < -0.4 is 5.56 Å². The minimum Gasteiger partial charge on any atom is -0.310 e. The Bertz CT molecular complexity index is 580. The van der Waals surface area contributed by atoms with E-state index >= 15 is 0 Å². The standard InChI is InChI=1S/C13H13FN2OS/c1-2-10-7-13(17)16-12(15-10)8-18-11-5-3-9(14)4-6-11/h3-7H,2,8H2,1H3,(H,15,16,17). The molecule has 0 aliphatic heterocycles. The van der Waals surface area contributed by atoms with Crippen LogP contribution in [0.15, 0.2) is 40.0 Å². The van der Waals surface area contributed by atoms with Crippen molar-refractivity contribution in [2.75, 3.05) is 0 Å². The van der Waals surface area contributed by atoms with E-state index in [9.17, 15) is 9.18 Å². The number of rotatable bonds is 4. The Morgan fingerprint density at radius 1 is 1.33 bits per heavy atom. The fourth-order valence-electron chi connectivity index (χ4n) is 1.50. The van der Waals surface area contributed by atoms with E-state index in [0.717, 1.165) is 17.0 Å². The van der Waals surface area contributed by atoms with Gasteiger partial charge in [-0.3, -0.25) is 4.79 Å². The van der Waals surface area contributed by atoms with Gasteiger partial charge in [0.05, 0.1) is 5.75 Å². The number of aromatic nitrogens is 2. The molecule has 3 nitrogen and oxygen atoms in total. The minimum absolute atomic E-state index is 0.128. The summed E-state index contributed by atoms with van der Waals surface area (Å²) in [7, 11) is 0. The highest BCUT2D eigenvalue weighted by molar-refractivity contribution is 7.98. The Labute approximate surface area is 108 Å². The highest BCUT2D eigenvalue weighted by atomic mass is 32.2. The average molecular weight is 264 g/mol. The summed E-state index contributed by atoms with van der Waals surface area (Å²) in [5.74, 6) is 0.960. The van der Waals surface area contributed by atoms with Crippen molar-refractivity contribution in [2.24, 2.45) is 0 Å². The fraction of sp³-hybridized carbons (Fsp3) is 0.231. The molecule has 0 saturated carbocycles. The van der Waals surface area contributed by atoms with E-state index in [0.29, 0.717) is 11.6 Å². The Morgan fingerprint density at radius 3 is 2.72 bits per heavy atom. The summed E-state index contributed by atoms with van der Waals surface area (Å²) in [6.07, 6.45) is 0.734. The number of nitrogens with zero attached hydrogens (tertiary/aromatic N) is 1. The lowest BCUT2D eigenvalue weighted by molar-refractivity contribution is 0.626. The van der Waals surface area contributed by atoms with Crippen LogP contribution in [-0.4, -0.2) is 9.97 Å². The first-order valence-electron chi connectivity index (χ1n) is 5.65. The van der Waals surface area contributed by atoms with Gasteiger partial charge >= 0.3 is 0 Å². The second-order valence-corrected chi connectivity index (χ2v) is 4.83. The van der Waals surface area contributed by atoms with Gasteiger partial charge in [-0.2, -0.15) is 0 Å². The maximum absolute atomic E-state index is 12.7. The van der Waals surface area contributed by atoms with Crippen molar-refractivity contribution in [2.45, 2.75) is 24.0 Å². The first kappa shape index (κ1) is 12.8. The number of H-pyrrole nitrogens is 1. The molecule has 2 rings (SSSR count). The van der Waals surface area contributed by atoms with Crippen LogP contribution in [0.2, 0.25) is 0 Å². The third-order valence-electron chi connectivity index (χ3n) is 2.40. The third-order valence-corrected chi connectivity index (χ3v) is 3.42. The van der Waals surface area contributed by atoms with Gasteiger partial charge in [0.2, 0.25) is 0 Å². The van der Waals surface area contributed by atoms with Gasteiger partial charge in [-0.15, -0.1) is 11.8 Å². The predicted octanol–water partition coefficient (Wildman–Crippen LogP) is 2.76. The molecule has 0 aliphatic rings. The van der Waals surface area contributed by atoms with E-state index in [2.05, 4.69) is 9.97 Å². The Hall–Kier alpha value is -1.62. The van der Waals surface area contributed by atoms with Gasteiger partial charge in [-0.25, -0.2) is 9.37 Å². The van der Waals surface area contributed by atoms with E-state index in [1.165, 1.54) is 30.0 Å². The average Bonchev–Trinajstić information content (AvgIpc) is 2.37. The van der Waals surface area contributed by atoms with E-state index in [1.54, 1.807) is 12.1 Å². The van der Waals surface area contributed by atoms with Crippen molar-refractivity contribution in [3.63, 3.8) is 0 Å². The summed E-state index contributed by atoms with van der Waals surface area (Å²) >= 11 is 1.51. The number of thioether (sulfide) groups is 1. The monoisotopic (exact) mass is 264 g/mol. The summed E-state index contributed by atoms with van der Waals surface area (Å²) < 4.78 is 12.7. The number of hydrogen-bond donors (Lipinski definition) is 1. The van der Waals surface area contributed by atoms with Crippen molar-refractivity contribution in [1.82, 2.24) is 9.97 Å². The molecule has 0 unspecified atom stereocenters. The molecule has 0 atom stereocenters. The highest BCUT2D eigenvalue weighted by Gasteiger charge is 2.01. The molecule has 2 aromatic rings. The van der Waals surface area contributed by atoms with E-state index in [1.807, 2.05) is 6.92 Å². The minimum atomic E-state index is -0.251. The number of halogens is 1. The van der Waals surface area contributed by atoms with Crippen LogP contribution in [0, 0.1) is 5.82 Å². The largest absolute Gasteiger partial charge is 0.310 e. The summed E-state index contributed by atoms with van der Waals surface area (Å²) in [6.45, 7) is 1.96. The summed E-state index contributed by atoms with van der Waals surface area (Å²) in [4.78, 5) is 19.4. The van der Waals surface area contributed by atoms with Gasteiger partial charge in [0, 0.05) is 16.7 Å². The topological polar surface area (TPSA) is 45.8 Å². The molecular formula is C13H13FN2OS. The molecule has 0 spiro atoms. The van der Waals surface area contributed by atoms with Gasteiger partial charge in [0.15, 0.2) is 0 Å². The molecule has 1 heterocycles. The van der Waals surface area contributed by atoms with Crippen molar-refractivity contribution >= 4 is 11.8 Å². The lowest BCUT2D eigenvalue weighted by Gasteiger charge is -2.03. The zero-order valence-corrected chi connectivity index (χ0v) is 10.8. The Kier molecular flexibility index (Phi) is 4.15.